The van der Waals surface area contributed by atoms with Crippen molar-refractivity contribution in [2.45, 2.75) is 38.8 Å². The van der Waals surface area contributed by atoms with E-state index in [2.05, 4.69) is 17.2 Å². The molecule has 2 atom stereocenters. The van der Waals surface area contributed by atoms with Crippen molar-refractivity contribution in [2.75, 3.05) is 13.1 Å². The van der Waals surface area contributed by atoms with Crippen molar-refractivity contribution in [3.8, 4) is 0 Å². The zero-order valence-electron chi connectivity index (χ0n) is 14.1. The van der Waals surface area contributed by atoms with Crippen LogP contribution in [0.15, 0.2) is 42.6 Å². The lowest BCUT2D eigenvalue weighted by Gasteiger charge is -2.36. The number of aliphatic hydroxyl groups excluding tert-OH is 1. The SMILES string of the molecule is Cc1ccnn1CCC(=O)N1CC[C@H](Cc2ccccc2)[C@@H](O)C1. The summed E-state index contributed by atoms with van der Waals surface area (Å²) in [5.74, 6) is 0.326. The van der Waals surface area contributed by atoms with Crippen molar-refractivity contribution in [1.29, 1.82) is 0 Å². The first-order valence-electron chi connectivity index (χ1n) is 8.61. The van der Waals surface area contributed by atoms with Gasteiger partial charge in [-0.05, 0) is 37.3 Å². The number of aromatic nitrogens is 2. The third-order valence-electron chi connectivity index (χ3n) is 4.88. The molecule has 1 fully saturated rings. The van der Waals surface area contributed by atoms with Gasteiger partial charge in [-0.1, -0.05) is 30.3 Å². The van der Waals surface area contributed by atoms with E-state index in [4.69, 9.17) is 0 Å². The van der Waals surface area contributed by atoms with E-state index in [1.807, 2.05) is 35.9 Å². The Bertz CT molecular complexity index is 668. The number of carbonyl (C=O) groups is 1. The number of carbonyl (C=O) groups excluding carboxylic acids is 1. The molecule has 3 rings (SSSR count). The van der Waals surface area contributed by atoms with Gasteiger partial charge in [0.25, 0.3) is 0 Å². The Morgan fingerprint density at radius 2 is 2.08 bits per heavy atom. The monoisotopic (exact) mass is 327 g/mol. The van der Waals surface area contributed by atoms with Gasteiger partial charge in [-0.2, -0.15) is 5.10 Å². The lowest BCUT2D eigenvalue weighted by Crippen LogP contribution is -2.47. The minimum Gasteiger partial charge on any atom is -0.391 e. The second-order valence-electron chi connectivity index (χ2n) is 6.59. The Hall–Kier alpha value is -2.14. The second kappa shape index (κ2) is 7.62. The smallest absolute Gasteiger partial charge is 0.224 e. The number of aliphatic hydroxyl groups is 1. The van der Waals surface area contributed by atoms with Crippen molar-refractivity contribution >= 4 is 5.91 Å². The molecule has 2 aromatic rings. The van der Waals surface area contributed by atoms with Gasteiger partial charge in [0.2, 0.25) is 5.91 Å². The third-order valence-corrected chi connectivity index (χ3v) is 4.88. The van der Waals surface area contributed by atoms with Crippen molar-refractivity contribution in [3.05, 3.63) is 53.9 Å². The van der Waals surface area contributed by atoms with Crippen molar-refractivity contribution in [3.63, 3.8) is 0 Å². The minimum atomic E-state index is -0.450. The number of aryl methyl sites for hydroxylation is 2. The fourth-order valence-corrected chi connectivity index (χ4v) is 3.35. The maximum absolute atomic E-state index is 12.4. The van der Waals surface area contributed by atoms with E-state index in [-0.39, 0.29) is 11.8 Å². The number of benzene rings is 1. The quantitative estimate of drug-likeness (QED) is 0.914. The van der Waals surface area contributed by atoms with Gasteiger partial charge in [0, 0.05) is 37.9 Å². The van der Waals surface area contributed by atoms with Crippen LogP contribution in [-0.2, 0) is 17.8 Å². The largest absolute Gasteiger partial charge is 0.391 e. The highest BCUT2D eigenvalue weighted by atomic mass is 16.3. The Kier molecular flexibility index (Phi) is 5.30. The van der Waals surface area contributed by atoms with Gasteiger partial charge in [0.05, 0.1) is 6.10 Å². The minimum absolute atomic E-state index is 0.0992. The summed E-state index contributed by atoms with van der Waals surface area (Å²) in [6.07, 6.45) is 3.45. The summed E-state index contributed by atoms with van der Waals surface area (Å²) in [7, 11) is 0. The molecule has 0 spiro atoms. The fourth-order valence-electron chi connectivity index (χ4n) is 3.35. The number of amides is 1. The number of piperidine rings is 1. The molecule has 0 radical (unpaired) electrons. The van der Waals surface area contributed by atoms with Gasteiger partial charge in [-0.15, -0.1) is 0 Å². The van der Waals surface area contributed by atoms with Crippen LogP contribution in [0, 0.1) is 12.8 Å². The Morgan fingerprint density at radius 3 is 2.75 bits per heavy atom. The summed E-state index contributed by atoms with van der Waals surface area (Å²) in [4.78, 5) is 14.2. The van der Waals surface area contributed by atoms with Crippen LogP contribution in [0.4, 0.5) is 0 Å². The van der Waals surface area contributed by atoms with E-state index >= 15 is 0 Å². The van der Waals surface area contributed by atoms with Gasteiger partial charge in [0.15, 0.2) is 0 Å². The molecule has 1 saturated heterocycles. The van der Waals surface area contributed by atoms with E-state index in [1.54, 1.807) is 11.1 Å². The molecule has 0 aliphatic carbocycles. The first-order valence-corrected chi connectivity index (χ1v) is 8.61. The molecule has 5 heteroatoms. The molecule has 1 aliphatic rings. The predicted octanol–water partition coefficient (Wildman–Crippen LogP) is 2.03. The zero-order chi connectivity index (χ0) is 16.9. The summed E-state index contributed by atoms with van der Waals surface area (Å²) >= 11 is 0. The van der Waals surface area contributed by atoms with Gasteiger partial charge in [-0.25, -0.2) is 0 Å². The number of hydrogen-bond acceptors (Lipinski definition) is 3. The van der Waals surface area contributed by atoms with E-state index in [9.17, 15) is 9.90 Å². The highest BCUT2D eigenvalue weighted by molar-refractivity contribution is 5.76. The molecule has 1 aromatic carbocycles. The highest BCUT2D eigenvalue weighted by Gasteiger charge is 2.29. The van der Waals surface area contributed by atoms with E-state index in [0.29, 0.717) is 19.5 Å². The summed E-state index contributed by atoms with van der Waals surface area (Å²) < 4.78 is 1.84. The molecule has 24 heavy (non-hydrogen) atoms. The maximum atomic E-state index is 12.4. The normalized spacial score (nSPS) is 21.0. The molecule has 0 bridgehead atoms. The molecule has 0 saturated carbocycles. The van der Waals surface area contributed by atoms with Crippen molar-refractivity contribution < 1.29 is 9.90 Å². The molecule has 0 unspecified atom stereocenters. The standard InChI is InChI=1S/C19H25N3O2/c1-15-7-10-20-22(15)12-9-19(24)21-11-8-17(18(23)14-21)13-16-5-3-2-4-6-16/h2-7,10,17-18,23H,8-9,11-14H2,1H3/t17-,18+/m1/s1. The van der Waals surface area contributed by atoms with Crippen molar-refractivity contribution in [2.24, 2.45) is 5.92 Å². The van der Waals surface area contributed by atoms with Crippen LogP contribution in [0.1, 0.15) is 24.1 Å². The Labute approximate surface area is 142 Å². The lowest BCUT2D eigenvalue weighted by molar-refractivity contribution is -0.135. The molecule has 1 N–H and O–H groups in total. The Morgan fingerprint density at radius 1 is 1.29 bits per heavy atom. The molecule has 1 aliphatic heterocycles. The van der Waals surface area contributed by atoms with E-state index in [1.165, 1.54) is 5.56 Å². The molecule has 2 heterocycles. The van der Waals surface area contributed by atoms with Gasteiger partial charge >= 0.3 is 0 Å². The fraction of sp³-hybridized carbons (Fsp3) is 0.474. The summed E-state index contributed by atoms with van der Waals surface area (Å²) in [5.41, 5.74) is 2.31. The highest BCUT2D eigenvalue weighted by Crippen LogP contribution is 2.22. The van der Waals surface area contributed by atoms with Gasteiger partial charge in [-0.3, -0.25) is 9.48 Å². The average Bonchev–Trinajstić information content (AvgIpc) is 3.00. The number of hydrogen-bond donors (Lipinski definition) is 1. The van der Waals surface area contributed by atoms with Crippen LogP contribution < -0.4 is 0 Å². The third kappa shape index (κ3) is 4.03. The molecular weight excluding hydrogens is 302 g/mol. The molecule has 5 nitrogen and oxygen atoms in total. The number of likely N-dealkylation sites (tertiary alicyclic amines) is 1. The van der Waals surface area contributed by atoms with Crippen LogP contribution in [-0.4, -0.2) is 44.9 Å². The van der Waals surface area contributed by atoms with Crippen LogP contribution in [0.2, 0.25) is 0 Å². The number of nitrogens with zero attached hydrogens (tertiary/aromatic N) is 3. The van der Waals surface area contributed by atoms with E-state index < -0.39 is 6.10 Å². The average molecular weight is 327 g/mol. The summed E-state index contributed by atoms with van der Waals surface area (Å²) in [6, 6.07) is 12.2. The summed E-state index contributed by atoms with van der Waals surface area (Å²) in [6.45, 7) is 3.74. The van der Waals surface area contributed by atoms with Gasteiger partial charge < -0.3 is 10.0 Å². The first-order chi connectivity index (χ1) is 11.6. The van der Waals surface area contributed by atoms with Gasteiger partial charge in [0.1, 0.15) is 0 Å². The topological polar surface area (TPSA) is 58.4 Å². The van der Waals surface area contributed by atoms with Crippen LogP contribution in [0.25, 0.3) is 0 Å². The van der Waals surface area contributed by atoms with Crippen molar-refractivity contribution in [1.82, 2.24) is 14.7 Å². The Balaban J connectivity index is 1.49. The molecular formula is C19H25N3O2. The summed E-state index contributed by atoms with van der Waals surface area (Å²) in [5, 5.41) is 14.6. The van der Waals surface area contributed by atoms with Crippen LogP contribution >= 0.6 is 0 Å². The van der Waals surface area contributed by atoms with Crippen LogP contribution in [0.3, 0.4) is 0 Å². The number of rotatable bonds is 5. The molecule has 128 valence electrons. The number of β-amino-alcohol motifs (C(OH)–C–C–N with tert-alkyl or cyclic N) is 1. The van der Waals surface area contributed by atoms with Crippen LogP contribution in [0.5, 0.6) is 0 Å². The lowest BCUT2D eigenvalue weighted by atomic mass is 9.88. The molecule has 1 aromatic heterocycles. The zero-order valence-corrected chi connectivity index (χ0v) is 14.1. The maximum Gasteiger partial charge on any atom is 0.224 e. The molecule has 1 amide bonds. The first kappa shape index (κ1) is 16.7. The second-order valence-corrected chi connectivity index (χ2v) is 6.59. The predicted molar refractivity (Wildman–Crippen MR) is 92.4 cm³/mol. The van der Waals surface area contributed by atoms with E-state index in [0.717, 1.165) is 25.1 Å².